The first kappa shape index (κ1) is 25.0. The van der Waals surface area contributed by atoms with Gasteiger partial charge in [-0.1, -0.05) is 19.1 Å². The number of carbonyl (C=O) groups excluding carboxylic acids is 1. The van der Waals surface area contributed by atoms with Crippen molar-refractivity contribution in [1.29, 1.82) is 0 Å². The second kappa shape index (κ2) is 8.52. The van der Waals surface area contributed by atoms with E-state index in [1.165, 1.54) is 18.2 Å². The monoisotopic (exact) mass is 549 g/mol. The van der Waals surface area contributed by atoms with Crippen molar-refractivity contribution in [2.75, 3.05) is 6.61 Å². The van der Waals surface area contributed by atoms with Crippen LogP contribution in [0.4, 0.5) is 13.2 Å². The third-order valence-electron chi connectivity index (χ3n) is 8.48. The van der Waals surface area contributed by atoms with Gasteiger partial charge in [0.05, 0.1) is 34.3 Å². The zero-order valence-electron chi connectivity index (χ0n) is 21.5. The number of aromatic nitrogens is 3. The van der Waals surface area contributed by atoms with Gasteiger partial charge in [-0.2, -0.15) is 8.78 Å². The molecule has 40 heavy (non-hydrogen) atoms. The Morgan fingerprint density at radius 1 is 1.23 bits per heavy atom. The molecule has 2 aromatic carbocycles. The maximum absolute atomic E-state index is 15.3. The highest BCUT2D eigenvalue weighted by Crippen LogP contribution is 2.52. The fourth-order valence-corrected chi connectivity index (χ4v) is 6.90. The van der Waals surface area contributed by atoms with Crippen LogP contribution >= 0.6 is 0 Å². The van der Waals surface area contributed by atoms with Gasteiger partial charge in [0, 0.05) is 29.5 Å². The summed E-state index contributed by atoms with van der Waals surface area (Å²) < 4.78 is 48.6. The van der Waals surface area contributed by atoms with Crippen molar-refractivity contribution < 1.29 is 27.8 Å². The largest absolute Gasteiger partial charge is 0.434 e. The van der Waals surface area contributed by atoms with E-state index in [1.807, 2.05) is 23.6 Å². The number of nitrogens with one attached hydrogen (secondary N) is 1. The van der Waals surface area contributed by atoms with Gasteiger partial charge in [-0.05, 0) is 60.6 Å². The van der Waals surface area contributed by atoms with E-state index in [-0.39, 0.29) is 34.9 Å². The average molecular weight is 550 g/mol. The molecule has 11 heteroatoms. The van der Waals surface area contributed by atoms with Crippen LogP contribution in [0.5, 0.6) is 5.75 Å². The molecular weight excluding hydrogens is 523 g/mol. The van der Waals surface area contributed by atoms with Gasteiger partial charge in [-0.15, -0.1) is 0 Å². The lowest BCUT2D eigenvalue weighted by Gasteiger charge is -2.51. The van der Waals surface area contributed by atoms with Crippen LogP contribution in [0.1, 0.15) is 65.7 Å². The van der Waals surface area contributed by atoms with Crippen molar-refractivity contribution >= 4 is 16.9 Å². The van der Waals surface area contributed by atoms with Crippen molar-refractivity contribution in [1.82, 2.24) is 19.9 Å². The highest BCUT2D eigenvalue weighted by atomic mass is 19.3. The molecule has 0 radical (unpaired) electrons. The minimum atomic E-state index is -3.05. The predicted molar refractivity (Wildman–Crippen MR) is 139 cm³/mol. The number of pyridine rings is 1. The maximum atomic E-state index is 15.3. The lowest BCUT2D eigenvalue weighted by molar-refractivity contribution is -0.0507. The lowest BCUT2D eigenvalue weighted by Crippen LogP contribution is -2.56. The van der Waals surface area contributed by atoms with Crippen LogP contribution in [0.25, 0.3) is 22.2 Å². The summed E-state index contributed by atoms with van der Waals surface area (Å²) in [5, 5.41) is 12.5. The quantitative estimate of drug-likeness (QED) is 0.336. The molecule has 2 bridgehead atoms. The smallest absolute Gasteiger partial charge is 0.387 e. The fraction of sp³-hybridized carbons (Fsp3) is 0.345. The van der Waals surface area contributed by atoms with Crippen molar-refractivity contribution in [2.45, 2.75) is 50.4 Å². The molecular formula is C29H26F3N5O3. The molecule has 3 aliphatic rings. The summed E-state index contributed by atoms with van der Waals surface area (Å²) in [4.78, 5) is 22.1. The molecule has 2 atom stereocenters. The molecule has 4 heterocycles. The topological polar surface area (TPSA) is 115 Å². The number of aliphatic hydroxyl groups is 1. The summed E-state index contributed by atoms with van der Waals surface area (Å²) in [6.45, 7) is -1.16. The van der Waals surface area contributed by atoms with Crippen molar-refractivity contribution in [3.8, 4) is 16.9 Å². The Morgan fingerprint density at radius 3 is 2.75 bits per heavy atom. The zero-order chi connectivity index (χ0) is 28.0. The number of benzene rings is 2. The van der Waals surface area contributed by atoms with Crippen LogP contribution in [0.3, 0.4) is 0 Å². The Balaban J connectivity index is 1.31. The number of hydrogen-bond acceptors (Lipinski definition) is 6. The van der Waals surface area contributed by atoms with Crippen molar-refractivity contribution in [3.05, 3.63) is 77.1 Å². The molecule has 1 saturated carbocycles. The Hall–Kier alpha value is -3.96. The van der Waals surface area contributed by atoms with Gasteiger partial charge in [0.25, 0.3) is 5.91 Å². The van der Waals surface area contributed by atoms with Crippen LogP contribution in [0.15, 0.2) is 48.7 Å². The number of rotatable bonds is 5. The van der Waals surface area contributed by atoms with E-state index in [4.69, 9.17) is 15.5 Å². The summed E-state index contributed by atoms with van der Waals surface area (Å²) in [5.41, 5.74) is 8.59. The van der Waals surface area contributed by atoms with Crippen LogP contribution in [0, 0.1) is 11.2 Å². The van der Waals surface area contributed by atoms with Gasteiger partial charge in [-0.3, -0.25) is 9.78 Å². The first-order valence-electron chi connectivity index (χ1n) is 13.1. The fourth-order valence-electron chi connectivity index (χ4n) is 6.90. The van der Waals surface area contributed by atoms with Gasteiger partial charge in [0.15, 0.2) is 0 Å². The molecule has 4 aromatic rings. The van der Waals surface area contributed by atoms with Crippen LogP contribution in [-0.2, 0) is 5.54 Å². The molecule has 7 rings (SSSR count). The molecule has 2 aliphatic heterocycles. The number of alkyl halides is 2. The van der Waals surface area contributed by atoms with E-state index in [0.717, 1.165) is 0 Å². The standard InChI is InChI=1S/C29H26F3N5O3/c1-28(13-38)11-29(33,12-28)24-17(30)7-15(10-34-24)14-5-6-18-20(8-14)37-21-9-19(25(37)35-18)36-26(39)16-3-2-4-22(23(16)21)40-27(31)32/h2-8,10,19,21,27,38H,9,11-13,33H2,1H3,(H,36,39)/t19-,21-,28?,29?/m0/s1. The Kier molecular flexibility index (Phi) is 5.33. The Bertz CT molecular complexity index is 1700. The van der Waals surface area contributed by atoms with Crippen LogP contribution < -0.4 is 15.8 Å². The van der Waals surface area contributed by atoms with E-state index in [0.29, 0.717) is 52.8 Å². The normalized spacial score (nSPS) is 26.7. The van der Waals surface area contributed by atoms with Gasteiger partial charge >= 0.3 is 6.61 Å². The molecule has 206 valence electrons. The third kappa shape index (κ3) is 3.64. The number of imidazole rings is 1. The van der Waals surface area contributed by atoms with E-state index >= 15 is 4.39 Å². The van der Waals surface area contributed by atoms with Crippen molar-refractivity contribution in [2.24, 2.45) is 11.1 Å². The van der Waals surface area contributed by atoms with Crippen LogP contribution in [-0.4, -0.2) is 38.8 Å². The zero-order valence-corrected chi connectivity index (χ0v) is 21.5. The van der Waals surface area contributed by atoms with E-state index in [9.17, 15) is 18.7 Å². The van der Waals surface area contributed by atoms with Crippen LogP contribution in [0.2, 0.25) is 0 Å². The Morgan fingerprint density at radius 2 is 2.02 bits per heavy atom. The molecule has 0 unspecified atom stereocenters. The van der Waals surface area contributed by atoms with Gasteiger partial charge in [0.1, 0.15) is 17.4 Å². The molecule has 8 nitrogen and oxygen atoms in total. The molecule has 0 saturated heterocycles. The third-order valence-corrected chi connectivity index (χ3v) is 8.48. The lowest BCUT2D eigenvalue weighted by atomic mass is 9.57. The minimum absolute atomic E-state index is 0.0207. The first-order chi connectivity index (χ1) is 19.1. The minimum Gasteiger partial charge on any atom is -0.434 e. The number of nitrogens with zero attached hydrogens (tertiary/aromatic N) is 3. The number of aliphatic hydroxyl groups excluding tert-OH is 1. The number of carbonyl (C=O) groups is 1. The SMILES string of the molecule is CC1(CO)CC(N)(c2ncc(-c3ccc4nc5n(c4c3)[C@H]3C[C@@H]5NC(=O)c4cccc(OC(F)F)c43)cc2F)C1. The molecule has 1 aliphatic carbocycles. The number of amides is 1. The van der Waals surface area contributed by atoms with E-state index in [2.05, 4.69) is 10.3 Å². The first-order valence-corrected chi connectivity index (χ1v) is 13.1. The van der Waals surface area contributed by atoms with Gasteiger partial charge in [-0.25, -0.2) is 9.37 Å². The summed E-state index contributed by atoms with van der Waals surface area (Å²) in [6, 6.07) is 10.6. The highest BCUT2D eigenvalue weighted by molar-refractivity contribution is 5.98. The number of hydrogen-bond donors (Lipinski definition) is 3. The molecule has 2 aromatic heterocycles. The number of ether oxygens (including phenoxy) is 1. The van der Waals surface area contributed by atoms with E-state index < -0.39 is 30.1 Å². The molecule has 0 spiro atoms. The van der Waals surface area contributed by atoms with E-state index in [1.54, 1.807) is 18.3 Å². The summed E-state index contributed by atoms with van der Waals surface area (Å²) >= 11 is 0. The number of nitrogens with two attached hydrogens (primary N) is 1. The molecule has 4 N–H and O–H groups in total. The average Bonchev–Trinajstić information content (AvgIpc) is 3.39. The maximum Gasteiger partial charge on any atom is 0.387 e. The van der Waals surface area contributed by atoms with Gasteiger partial charge < -0.3 is 25.5 Å². The molecule has 1 amide bonds. The summed E-state index contributed by atoms with van der Waals surface area (Å²) in [7, 11) is 0. The summed E-state index contributed by atoms with van der Waals surface area (Å²) in [6.07, 6.45) is 2.88. The van der Waals surface area contributed by atoms with Crippen molar-refractivity contribution in [3.63, 3.8) is 0 Å². The second-order valence-corrected chi connectivity index (χ2v) is 11.4. The predicted octanol–water partition coefficient (Wildman–Crippen LogP) is 4.56. The number of halogens is 3. The second-order valence-electron chi connectivity index (χ2n) is 11.4. The highest BCUT2D eigenvalue weighted by Gasteiger charge is 2.52. The Labute approximate surface area is 227 Å². The van der Waals surface area contributed by atoms with Gasteiger partial charge in [0.2, 0.25) is 0 Å². The summed E-state index contributed by atoms with van der Waals surface area (Å²) in [5.74, 6) is -0.322. The molecule has 1 fully saturated rings. The number of fused-ring (bicyclic) bond motifs is 9.